The fourth-order valence-electron chi connectivity index (χ4n) is 2.59. The SMILES string of the molecule is CCCCC1CCCC(C)(C)C1. The van der Waals surface area contributed by atoms with Crippen LogP contribution in [0.2, 0.25) is 0 Å². The van der Waals surface area contributed by atoms with Gasteiger partial charge in [0.25, 0.3) is 0 Å². The molecule has 0 N–H and O–H groups in total. The molecule has 0 nitrogen and oxygen atoms in total. The first-order valence-electron chi connectivity index (χ1n) is 5.64. The lowest BCUT2D eigenvalue weighted by molar-refractivity contribution is 0.171. The first-order chi connectivity index (χ1) is 5.64. The maximum atomic E-state index is 2.44. The van der Waals surface area contributed by atoms with Crippen molar-refractivity contribution >= 4 is 0 Å². The Labute approximate surface area is 77.7 Å². The molecule has 1 unspecified atom stereocenters. The summed E-state index contributed by atoms with van der Waals surface area (Å²) in [5.74, 6) is 1.05. The molecule has 0 spiro atoms. The molecule has 0 amide bonds. The summed E-state index contributed by atoms with van der Waals surface area (Å²) in [6.45, 7) is 7.17. The van der Waals surface area contributed by atoms with Crippen LogP contribution in [0.25, 0.3) is 0 Å². The molecule has 0 saturated heterocycles. The van der Waals surface area contributed by atoms with E-state index in [1.54, 1.807) is 0 Å². The van der Waals surface area contributed by atoms with Crippen LogP contribution in [0.3, 0.4) is 0 Å². The summed E-state index contributed by atoms with van der Waals surface area (Å²) in [6.07, 6.45) is 10.2. The average molecular weight is 168 g/mol. The molecule has 0 aromatic heterocycles. The smallest absolute Gasteiger partial charge is 0.0352 e. The van der Waals surface area contributed by atoms with Gasteiger partial charge in [0.1, 0.15) is 0 Å². The fraction of sp³-hybridized carbons (Fsp3) is 1.00. The fourth-order valence-corrected chi connectivity index (χ4v) is 2.59. The van der Waals surface area contributed by atoms with Crippen LogP contribution < -0.4 is 0 Å². The Balaban J connectivity index is 2.26. The number of rotatable bonds is 3. The van der Waals surface area contributed by atoms with E-state index >= 15 is 0 Å². The van der Waals surface area contributed by atoms with E-state index in [1.165, 1.54) is 44.9 Å². The zero-order valence-corrected chi connectivity index (χ0v) is 9.03. The Morgan fingerprint density at radius 2 is 2.08 bits per heavy atom. The molecule has 72 valence electrons. The Hall–Kier alpha value is 0. The topological polar surface area (TPSA) is 0 Å². The summed E-state index contributed by atoms with van der Waals surface area (Å²) in [5.41, 5.74) is 0.649. The molecule has 1 fully saturated rings. The van der Waals surface area contributed by atoms with Crippen LogP contribution in [0.15, 0.2) is 0 Å². The first-order valence-corrected chi connectivity index (χ1v) is 5.64. The Bertz CT molecular complexity index is 124. The molecular weight excluding hydrogens is 144 g/mol. The van der Waals surface area contributed by atoms with E-state index in [2.05, 4.69) is 20.8 Å². The number of hydrogen-bond acceptors (Lipinski definition) is 0. The molecule has 1 rings (SSSR count). The van der Waals surface area contributed by atoms with E-state index in [0.29, 0.717) is 5.41 Å². The molecule has 0 heteroatoms. The Morgan fingerprint density at radius 1 is 1.33 bits per heavy atom. The van der Waals surface area contributed by atoms with Crippen LogP contribution in [-0.4, -0.2) is 0 Å². The first kappa shape index (κ1) is 10.1. The molecule has 0 aliphatic heterocycles. The second kappa shape index (κ2) is 4.30. The second-order valence-electron chi connectivity index (χ2n) is 5.27. The molecule has 0 aromatic carbocycles. The third kappa shape index (κ3) is 3.16. The molecule has 0 bridgehead atoms. The highest BCUT2D eigenvalue weighted by molar-refractivity contribution is 4.79. The summed E-state index contributed by atoms with van der Waals surface area (Å²) in [4.78, 5) is 0. The van der Waals surface area contributed by atoms with Gasteiger partial charge in [-0.15, -0.1) is 0 Å². The second-order valence-corrected chi connectivity index (χ2v) is 5.27. The lowest BCUT2D eigenvalue weighted by atomic mass is 9.71. The summed E-state index contributed by atoms with van der Waals surface area (Å²) in [6, 6.07) is 0. The Morgan fingerprint density at radius 3 is 2.67 bits per heavy atom. The van der Waals surface area contributed by atoms with Crippen LogP contribution in [0.1, 0.15) is 65.7 Å². The summed E-state index contributed by atoms with van der Waals surface area (Å²) < 4.78 is 0. The molecule has 1 saturated carbocycles. The highest BCUT2D eigenvalue weighted by Crippen LogP contribution is 2.40. The number of hydrogen-bond donors (Lipinski definition) is 0. The van der Waals surface area contributed by atoms with Gasteiger partial charge in [0, 0.05) is 0 Å². The van der Waals surface area contributed by atoms with E-state index in [9.17, 15) is 0 Å². The molecule has 12 heavy (non-hydrogen) atoms. The molecule has 1 aliphatic carbocycles. The van der Waals surface area contributed by atoms with Gasteiger partial charge in [-0.2, -0.15) is 0 Å². The average Bonchev–Trinajstić information content (AvgIpc) is 1.99. The van der Waals surface area contributed by atoms with E-state index in [1.807, 2.05) is 0 Å². The van der Waals surface area contributed by atoms with E-state index in [0.717, 1.165) is 5.92 Å². The zero-order chi connectivity index (χ0) is 9.03. The van der Waals surface area contributed by atoms with Crippen molar-refractivity contribution in [2.45, 2.75) is 65.7 Å². The maximum absolute atomic E-state index is 2.44. The molecule has 0 aromatic rings. The van der Waals surface area contributed by atoms with Gasteiger partial charge in [-0.05, 0) is 24.2 Å². The van der Waals surface area contributed by atoms with Gasteiger partial charge in [-0.1, -0.05) is 52.9 Å². The zero-order valence-electron chi connectivity index (χ0n) is 9.03. The summed E-state index contributed by atoms with van der Waals surface area (Å²) >= 11 is 0. The van der Waals surface area contributed by atoms with Crippen molar-refractivity contribution in [1.29, 1.82) is 0 Å². The van der Waals surface area contributed by atoms with Gasteiger partial charge in [0.15, 0.2) is 0 Å². The Kier molecular flexibility index (Phi) is 3.61. The van der Waals surface area contributed by atoms with Crippen LogP contribution in [0.4, 0.5) is 0 Å². The van der Waals surface area contributed by atoms with Gasteiger partial charge in [0.2, 0.25) is 0 Å². The van der Waals surface area contributed by atoms with Gasteiger partial charge >= 0.3 is 0 Å². The van der Waals surface area contributed by atoms with E-state index < -0.39 is 0 Å². The van der Waals surface area contributed by atoms with Gasteiger partial charge in [-0.25, -0.2) is 0 Å². The van der Waals surface area contributed by atoms with Gasteiger partial charge in [-0.3, -0.25) is 0 Å². The highest BCUT2D eigenvalue weighted by atomic mass is 14.3. The van der Waals surface area contributed by atoms with Crippen molar-refractivity contribution in [1.82, 2.24) is 0 Å². The van der Waals surface area contributed by atoms with Crippen molar-refractivity contribution in [3.63, 3.8) is 0 Å². The molecule has 1 atom stereocenters. The standard InChI is InChI=1S/C12H24/c1-4-5-7-11-8-6-9-12(2,3)10-11/h11H,4-10H2,1-3H3. The van der Waals surface area contributed by atoms with Crippen molar-refractivity contribution < 1.29 is 0 Å². The van der Waals surface area contributed by atoms with E-state index in [-0.39, 0.29) is 0 Å². The van der Waals surface area contributed by atoms with Crippen molar-refractivity contribution in [3.05, 3.63) is 0 Å². The minimum Gasteiger partial charge on any atom is -0.0654 e. The maximum Gasteiger partial charge on any atom is -0.0352 e. The largest absolute Gasteiger partial charge is 0.0654 e. The molecule has 1 aliphatic rings. The molecule has 0 heterocycles. The predicted molar refractivity (Wildman–Crippen MR) is 55.3 cm³/mol. The van der Waals surface area contributed by atoms with Gasteiger partial charge < -0.3 is 0 Å². The third-order valence-corrected chi connectivity index (χ3v) is 3.27. The van der Waals surface area contributed by atoms with Crippen molar-refractivity contribution in [2.75, 3.05) is 0 Å². The van der Waals surface area contributed by atoms with Gasteiger partial charge in [0.05, 0.1) is 0 Å². The number of unbranched alkanes of at least 4 members (excludes halogenated alkanes) is 1. The van der Waals surface area contributed by atoms with Crippen LogP contribution in [0, 0.1) is 11.3 Å². The van der Waals surface area contributed by atoms with Crippen LogP contribution in [-0.2, 0) is 0 Å². The van der Waals surface area contributed by atoms with Crippen molar-refractivity contribution in [3.8, 4) is 0 Å². The lowest BCUT2D eigenvalue weighted by Gasteiger charge is -2.35. The summed E-state index contributed by atoms with van der Waals surface area (Å²) in [7, 11) is 0. The van der Waals surface area contributed by atoms with Crippen LogP contribution >= 0.6 is 0 Å². The normalized spacial score (nSPS) is 28.8. The molecule has 0 radical (unpaired) electrons. The van der Waals surface area contributed by atoms with E-state index in [4.69, 9.17) is 0 Å². The highest BCUT2D eigenvalue weighted by Gasteiger charge is 2.27. The van der Waals surface area contributed by atoms with Crippen molar-refractivity contribution in [2.24, 2.45) is 11.3 Å². The minimum atomic E-state index is 0.649. The third-order valence-electron chi connectivity index (χ3n) is 3.27. The molecular formula is C12H24. The summed E-state index contributed by atoms with van der Waals surface area (Å²) in [5, 5.41) is 0. The quantitative estimate of drug-likeness (QED) is 0.586. The monoisotopic (exact) mass is 168 g/mol. The predicted octanol–water partition coefficient (Wildman–Crippen LogP) is 4.39. The minimum absolute atomic E-state index is 0.649. The lowest BCUT2D eigenvalue weighted by Crippen LogP contribution is -2.22. The van der Waals surface area contributed by atoms with Crippen LogP contribution in [0.5, 0.6) is 0 Å².